The first kappa shape index (κ1) is 24.9. The first-order valence-corrected chi connectivity index (χ1v) is 2.62. The Morgan fingerprint density at radius 2 is 0.312 bits per heavy atom. The third-order valence-electron chi connectivity index (χ3n) is 0. The van der Waals surface area contributed by atoms with Crippen molar-refractivity contribution in [3.8, 4) is 0 Å². The van der Waals surface area contributed by atoms with E-state index in [-0.39, 0.29) is 17.1 Å². The summed E-state index contributed by atoms with van der Waals surface area (Å²) in [5.74, 6) is 0. The van der Waals surface area contributed by atoms with E-state index in [9.17, 15) is 51.8 Å². The molecule has 0 saturated heterocycles. The van der Waals surface area contributed by atoms with Crippen LogP contribution in [0.1, 0.15) is 0 Å². The molecule has 0 fully saturated rings. The van der Waals surface area contributed by atoms with Gasteiger partial charge in [0.05, 0.1) is 0 Å². The molecular weight excluding hydrogens is 316 g/mol. The van der Waals surface area contributed by atoms with E-state index in [1.807, 2.05) is 0 Å². The third-order valence-corrected chi connectivity index (χ3v) is 0. The summed E-state index contributed by atoms with van der Waals surface area (Å²) in [6.45, 7) is 0. The van der Waals surface area contributed by atoms with Crippen molar-refractivity contribution in [3.63, 3.8) is 0 Å². The van der Waals surface area contributed by atoms with Gasteiger partial charge in [0.2, 0.25) is 0 Å². The smallest absolute Gasteiger partial charge is 0.418 e. The molecule has 0 aromatic carbocycles. The average Bonchev–Trinajstić information content (AvgIpc) is 1.41. The summed E-state index contributed by atoms with van der Waals surface area (Å²) < 4.78 is 117. The molecule has 0 bridgehead atoms. The van der Waals surface area contributed by atoms with Crippen LogP contribution < -0.4 is 0 Å². The zero-order valence-electron chi connectivity index (χ0n) is 6.62. The predicted molar refractivity (Wildman–Crippen MR) is 30.6 cm³/mol. The standard InChI is InChI=1S/3BF4.Fe/c3*2-1(3,4)5;/q3*-1;+3. The minimum atomic E-state index is -6.00. The fourth-order valence-electron chi connectivity index (χ4n) is 0. The molecule has 0 aliphatic rings. The summed E-state index contributed by atoms with van der Waals surface area (Å²) >= 11 is 0. The van der Waals surface area contributed by atoms with Gasteiger partial charge in [-0.1, -0.05) is 0 Å². The van der Waals surface area contributed by atoms with Crippen LogP contribution in [0.15, 0.2) is 0 Å². The van der Waals surface area contributed by atoms with Crippen LogP contribution in [0.25, 0.3) is 0 Å². The molecule has 0 aliphatic heterocycles. The fraction of sp³-hybridized carbons (Fsp3) is 0. The van der Waals surface area contributed by atoms with Crippen molar-refractivity contribution in [1.29, 1.82) is 0 Å². The summed E-state index contributed by atoms with van der Waals surface area (Å²) in [5.41, 5.74) is 0. The number of halogens is 12. The Labute approximate surface area is 91.5 Å². The van der Waals surface area contributed by atoms with E-state index in [0.717, 1.165) is 0 Å². The van der Waals surface area contributed by atoms with Crippen molar-refractivity contribution in [2.24, 2.45) is 0 Å². The molecular formula is B3F12Fe. The van der Waals surface area contributed by atoms with Crippen LogP contribution in [0, 0.1) is 0 Å². The van der Waals surface area contributed by atoms with Gasteiger partial charge in [0.1, 0.15) is 0 Å². The minimum absolute atomic E-state index is 0. The normalized spacial score (nSPS) is 11.2. The molecule has 0 N–H and O–H groups in total. The van der Waals surface area contributed by atoms with Gasteiger partial charge in [-0.05, 0) is 0 Å². The molecule has 0 rings (SSSR count). The van der Waals surface area contributed by atoms with Crippen LogP contribution in [-0.2, 0) is 17.1 Å². The largest absolute Gasteiger partial charge is 3.00 e. The monoisotopic (exact) mass is 317 g/mol. The molecule has 1 radical (unpaired) electrons. The SMILES string of the molecule is F[B-](F)(F)F.F[B-](F)(F)F.F[B-](F)(F)F.[Fe+3]. The maximum atomic E-state index is 9.75. The Morgan fingerprint density at radius 3 is 0.312 bits per heavy atom. The molecule has 101 valence electrons. The summed E-state index contributed by atoms with van der Waals surface area (Å²) in [6.07, 6.45) is 0. The Balaban J connectivity index is -0.0000000655. The van der Waals surface area contributed by atoms with Gasteiger partial charge in [-0.2, -0.15) is 0 Å². The quantitative estimate of drug-likeness (QED) is 0.470. The van der Waals surface area contributed by atoms with Gasteiger partial charge in [-0.25, -0.2) is 0 Å². The molecule has 0 saturated carbocycles. The first-order valence-electron chi connectivity index (χ1n) is 2.62. The minimum Gasteiger partial charge on any atom is -0.418 e. The summed E-state index contributed by atoms with van der Waals surface area (Å²) in [7, 11) is -18.0. The molecule has 16 heavy (non-hydrogen) atoms. The zero-order chi connectivity index (χ0) is 13.5. The Bertz CT molecular complexity index is 91.3. The fourth-order valence-corrected chi connectivity index (χ4v) is 0. The van der Waals surface area contributed by atoms with E-state index in [1.54, 1.807) is 0 Å². The van der Waals surface area contributed by atoms with Crippen molar-refractivity contribution >= 4 is 21.8 Å². The second-order valence-corrected chi connectivity index (χ2v) is 1.48. The molecule has 0 unspecified atom stereocenters. The van der Waals surface area contributed by atoms with Gasteiger partial charge in [0.25, 0.3) is 0 Å². The van der Waals surface area contributed by atoms with Gasteiger partial charge in [0, 0.05) is 0 Å². The molecule has 0 atom stereocenters. The number of hydrogen-bond acceptors (Lipinski definition) is 0. The Hall–Kier alpha value is -0.126. The van der Waals surface area contributed by atoms with Crippen molar-refractivity contribution in [2.45, 2.75) is 0 Å². The topological polar surface area (TPSA) is 0 Å². The summed E-state index contributed by atoms with van der Waals surface area (Å²) in [5, 5.41) is 0. The van der Waals surface area contributed by atoms with E-state index >= 15 is 0 Å². The zero-order valence-corrected chi connectivity index (χ0v) is 7.73. The van der Waals surface area contributed by atoms with Crippen LogP contribution in [0.2, 0.25) is 0 Å². The van der Waals surface area contributed by atoms with Crippen molar-refractivity contribution in [1.82, 2.24) is 0 Å². The van der Waals surface area contributed by atoms with Crippen LogP contribution in [0.4, 0.5) is 51.8 Å². The maximum Gasteiger partial charge on any atom is 3.00 e. The molecule has 0 spiro atoms. The molecule has 0 aliphatic carbocycles. The Kier molecular flexibility index (Phi) is 14.0. The van der Waals surface area contributed by atoms with Gasteiger partial charge >= 0.3 is 38.8 Å². The van der Waals surface area contributed by atoms with Gasteiger partial charge < -0.3 is 51.8 Å². The van der Waals surface area contributed by atoms with E-state index in [0.29, 0.717) is 0 Å². The maximum absolute atomic E-state index is 9.75. The molecule has 16 heteroatoms. The van der Waals surface area contributed by atoms with E-state index in [4.69, 9.17) is 0 Å². The molecule has 0 aromatic heterocycles. The molecule has 0 aromatic rings. The van der Waals surface area contributed by atoms with Crippen molar-refractivity contribution in [3.05, 3.63) is 0 Å². The van der Waals surface area contributed by atoms with E-state index in [2.05, 4.69) is 0 Å². The van der Waals surface area contributed by atoms with Crippen LogP contribution >= 0.6 is 0 Å². The second-order valence-electron chi connectivity index (χ2n) is 1.48. The van der Waals surface area contributed by atoms with Gasteiger partial charge in [-0.15, -0.1) is 0 Å². The Morgan fingerprint density at radius 1 is 0.312 bits per heavy atom. The van der Waals surface area contributed by atoms with Gasteiger partial charge in [-0.3, -0.25) is 0 Å². The number of hydrogen-bond donors (Lipinski definition) is 0. The van der Waals surface area contributed by atoms with Crippen molar-refractivity contribution < 1.29 is 68.9 Å². The average molecular weight is 316 g/mol. The molecule has 0 amide bonds. The number of rotatable bonds is 0. The van der Waals surface area contributed by atoms with Crippen LogP contribution in [-0.4, -0.2) is 21.8 Å². The summed E-state index contributed by atoms with van der Waals surface area (Å²) in [4.78, 5) is 0. The van der Waals surface area contributed by atoms with E-state index in [1.165, 1.54) is 0 Å². The molecule has 0 nitrogen and oxygen atoms in total. The third kappa shape index (κ3) is 146000. The van der Waals surface area contributed by atoms with Crippen LogP contribution in [0.5, 0.6) is 0 Å². The van der Waals surface area contributed by atoms with Crippen LogP contribution in [0.3, 0.4) is 0 Å². The van der Waals surface area contributed by atoms with E-state index < -0.39 is 21.8 Å². The second kappa shape index (κ2) is 8.96. The van der Waals surface area contributed by atoms with Crippen molar-refractivity contribution in [2.75, 3.05) is 0 Å². The predicted octanol–water partition coefficient (Wildman–Crippen LogP) is 3.90. The molecule has 0 heterocycles. The summed E-state index contributed by atoms with van der Waals surface area (Å²) in [6, 6.07) is 0. The van der Waals surface area contributed by atoms with Gasteiger partial charge in [0.15, 0.2) is 0 Å². The first-order chi connectivity index (χ1) is 6.00.